The Morgan fingerprint density at radius 3 is 2.36 bits per heavy atom. The van der Waals surface area contributed by atoms with Gasteiger partial charge in [0.1, 0.15) is 5.82 Å². The number of rotatable bonds is 4. The largest absolute Gasteiger partial charge is 0.340 e. The van der Waals surface area contributed by atoms with Gasteiger partial charge in [-0.3, -0.25) is 4.79 Å². The van der Waals surface area contributed by atoms with Crippen LogP contribution in [0.15, 0.2) is 72.8 Å². The number of aromatic nitrogens is 2. The maximum absolute atomic E-state index is 13.3. The number of anilines is 3. The highest BCUT2D eigenvalue weighted by molar-refractivity contribution is 6.07. The Morgan fingerprint density at radius 2 is 1.58 bits per heavy atom. The molecule has 0 radical (unpaired) electrons. The van der Waals surface area contributed by atoms with Gasteiger partial charge in [-0.15, -0.1) is 0 Å². The summed E-state index contributed by atoms with van der Waals surface area (Å²) in [4.78, 5) is 26.7. The molecule has 3 aromatic carbocycles. The van der Waals surface area contributed by atoms with E-state index in [2.05, 4.69) is 34.3 Å². The second-order valence-corrected chi connectivity index (χ2v) is 8.49. The molecule has 0 saturated carbocycles. The monoisotopic (exact) mass is 437 g/mol. The average Bonchev–Trinajstić information content (AvgIpc) is 2.84. The highest BCUT2D eigenvalue weighted by Gasteiger charge is 2.25. The minimum Gasteiger partial charge on any atom is -0.340 e. The van der Waals surface area contributed by atoms with E-state index in [0.717, 1.165) is 33.5 Å². The molecule has 0 aliphatic carbocycles. The third-order valence-corrected chi connectivity index (χ3v) is 6.04. The second kappa shape index (κ2) is 8.90. The third kappa shape index (κ3) is 4.51. The normalized spacial score (nSPS) is 13.9. The predicted molar refractivity (Wildman–Crippen MR) is 133 cm³/mol. The lowest BCUT2D eigenvalue weighted by atomic mass is 10.0. The van der Waals surface area contributed by atoms with Crippen molar-refractivity contribution in [3.05, 3.63) is 89.6 Å². The van der Waals surface area contributed by atoms with Gasteiger partial charge in [-0.05, 0) is 42.8 Å². The zero-order valence-electron chi connectivity index (χ0n) is 19.0. The molecule has 6 heteroatoms. The van der Waals surface area contributed by atoms with Crippen molar-refractivity contribution in [2.24, 2.45) is 0 Å². The van der Waals surface area contributed by atoms with E-state index in [0.29, 0.717) is 32.1 Å². The van der Waals surface area contributed by atoms with Crippen molar-refractivity contribution in [2.45, 2.75) is 13.8 Å². The van der Waals surface area contributed by atoms with Gasteiger partial charge in [-0.25, -0.2) is 4.98 Å². The van der Waals surface area contributed by atoms with Crippen molar-refractivity contribution in [3.63, 3.8) is 0 Å². The van der Waals surface area contributed by atoms with E-state index < -0.39 is 0 Å². The SMILES string of the molecule is Cc1ccc(Nc2cc(C)nc(N3CCN(C(=O)c4cccc5ccccc45)CC3)n2)cc1. The van der Waals surface area contributed by atoms with Crippen LogP contribution in [0.4, 0.5) is 17.5 Å². The molecule has 0 bridgehead atoms. The molecule has 0 spiro atoms. The van der Waals surface area contributed by atoms with E-state index in [1.807, 2.05) is 72.5 Å². The molecular weight excluding hydrogens is 410 g/mol. The Labute approximate surface area is 193 Å². The minimum atomic E-state index is 0.0818. The van der Waals surface area contributed by atoms with Crippen LogP contribution in [-0.2, 0) is 0 Å². The fourth-order valence-corrected chi connectivity index (χ4v) is 4.23. The highest BCUT2D eigenvalue weighted by Crippen LogP contribution is 2.23. The number of carbonyl (C=O) groups excluding carboxylic acids is 1. The summed E-state index contributed by atoms with van der Waals surface area (Å²) >= 11 is 0. The third-order valence-electron chi connectivity index (χ3n) is 6.04. The summed E-state index contributed by atoms with van der Waals surface area (Å²) in [5.41, 5.74) is 3.88. The number of nitrogens with one attached hydrogen (secondary N) is 1. The number of hydrogen-bond acceptors (Lipinski definition) is 5. The molecule has 1 fully saturated rings. The molecule has 1 aliphatic rings. The fourth-order valence-electron chi connectivity index (χ4n) is 4.23. The maximum atomic E-state index is 13.3. The Balaban J connectivity index is 1.29. The molecule has 0 unspecified atom stereocenters. The van der Waals surface area contributed by atoms with E-state index in [1.165, 1.54) is 5.56 Å². The Kier molecular flexibility index (Phi) is 5.65. The molecule has 0 atom stereocenters. The quantitative estimate of drug-likeness (QED) is 0.489. The Hall–Kier alpha value is -3.93. The van der Waals surface area contributed by atoms with Gasteiger partial charge in [0.05, 0.1) is 0 Å². The van der Waals surface area contributed by atoms with Crippen molar-refractivity contribution < 1.29 is 4.79 Å². The first-order valence-electron chi connectivity index (χ1n) is 11.3. The average molecular weight is 438 g/mol. The van der Waals surface area contributed by atoms with Crippen molar-refractivity contribution in [3.8, 4) is 0 Å². The number of nitrogens with zero attached hydrogens (tertiary/aromatic N) is 4. The first-order valence-corrected chi connectivity index (χ1v) is 11.3. The van der Waals surface area contributed by atoms with Crippen LogP contribution in [0, 0.1) is 13.8 Å². The highest BCUT2D eigenvalue weighted by atomic mass is 16.2. The smallest absolute Gasteiger partial charge is 0.254 e. The van der Waals surface area contributed by atoms with Gasteiger partial charge in [0.25, 0.3) is 5.91 Å². The molecule has 1 aromatic heterocycles. The Bertz CT molecular complexity index is 1290. The van der Waals surface area contributed by atoms with Crippen molar-refractivity contribution in [1.82, 2.24) is 14.9 Å². The van der Waals surface area contributed by atoms with Crippen molar-refractivity contribution in [1.29, 1.82) is 0 Å². The van der Waals surface area contributed by atoms with Crippen LogP contribution in [0.25, 0.3) is 10.8 Å². The van der Waals surface area contributed by atoms with Gasteiger partial charge >= 0.3 is 0 Å². The molecule has 166 valence electrons. The molecule has 33 heavy (non-hydrogen) atoms. The van der Waals surface area contributed by atoms with Crippen LogP contribution in [0.1, 0.15) is 21.6 Å². The number of piperazine rings is 1. The lowest BCUT2D eigenvalue weighted by Gasteiger charge is -2.35. The van der Waals surface area contributed by atoms with Gasteiger partial charge in [0.2, 0.25) is 5.95 Å². The van der Waals surface area contributed by atoms with Crippen LogP contribution < -0.4 is 10.2 Å². The summed E-state index contributed by atoms with van der Waals surface area (Å²) in [5, 5.41) is 5.46. The van der Waals surface area contributed by atoms with E-state index in [-0.39, 0.29) is 5.91 Å². The molecule has 2 heterocycles. The van der Waals surface area contributed by atoms with Gasteiger partial charge in [0, 0.05) is 49.2 Å². The molecule has 1 aliphatic heterocycles. The summed E-state index contributed by atoms with van der Waals surface area (Å²) in [7, 11) is 0. The number of aryl methyl sites for hydroxylation is 2. The van der Waals surface area contributed by atoms with Gasteiger partial charge in [-0.1, -0.05) is 54.1 Å². The van der Waals surface area contributed by atoms with Crippen LogP contribution in [-0.4, -0.2) is 47.0 Å². The maximum Gasteiger partial charge on any atom is 0.254 e. The van der Waals surface area contributed by atoms with Crippen LogP contribution in [0.3, 0.4) is 0 Å². The second-order valence-electron chi connectivity index (χ2n) is 8.49. The summed E-state index contributed by atoms with van der Waals surface area (Å²) in [6.07, 6.45) is 0. The predicted octanol–water partition coefficient (Wildman–Crippen LogP) is 4.95. The lowest BCUT2D eigenvalue weighted by Crippen LogP contribution is -2.49. The number of amides is 1. The Morgan fingerprint density at radius 1 is 0.848 bits per heavy atom. The van der Waals surface area contributed by atoms with Gasteiger partial charge in [0.15, 0.2) is 0 Å². The standard InChI is InChI=1S/C27H27N5O/c1-19-10-12-22(13-11-19)29-25-18-20(2)28-27(30-25)32-16-14-31(15-17-32)26(33)24-9-5-7-21-6-3-4-8-23(21)24/h3-13,18H,14-17H2,1-2H3,(H,28,29,30). The molecule has 6 nitrogen and oxygen atoms in total. The van der Waals surface area contributed by atoms with E-state index in [4.69, 9.17) is 4.98 Å². The first-order chi connectivity index (χ1) is 16.1. The zero-order valence-corrected chi connectivity index (χ0v) is 19.0. The molecule has 1 N–H and O–H groups in total. The van der Waals surface area contributed by atoms with Gasteiger partial charge in [-0.2, -0.15) is 4.98 Å². The number of carbonyl (C=O) groups is 1. The van der Waals surface area contributed by atoms with E-state index in [1.54, 1.807) is 0 Å². The van der Waals surface area contributed by atoms with Crippen LogP contribution >= 0.6 is 0 Å². The number of fused-ring (bicyclic) bond motifs is 1. The minimum absolute atomic E-state index is 0.0818. The summed E-state index contributed by atoms with van der Waals surface area (Å²) in [6.45, 7) is 6.72. The zero-order chi connectivity index (χ0) is 22.8. The molecule has 5 rings (SSSR count). The lowest BCUT2D eigenvalue weighted by molar-refractivity contribution is 0.0748. The topological polar surface area (TPSA) is 61.4 Å². The summed E-state index contributed by atoms with van der Waals surface area (Å²) in [5.74, 6) is 1.55. The summed E-state index contributed by atoms with van der Waals surface area (Å²) < 4.78 is 0. The van der Waals surface area contributed by atoms with E-state index >= 15 is 0 Å². The van der Waals surface area contributed by atoms with Crippen LogP contribution in [0.2, 0.25) is 0 Å². The molecule has 4 aromatic rings. The number of benzene rings is 3. The van der Waals surface area contributed by atoms with Gasteiger partial charge < -0.3 is 15.1 Å². The first kappa shape index (κ1) is 20.9. The number of hydrogen-bond donors (Lipinski definition) is 1. The van der Waals surface area contributed by atoms with Crippen molar-refractivity contribution in [2.75, 3.05) is 36.4 Å². The van der Waals surface area contributed by atoms with Crippen LogP contribution in [0.5, 0.6) is 0 Å². The van der Waals surface area contributed by atoms with E-state index in [9.17, 15) is 4.79 Å². The fraction of sp³-hybridized carbons (Fsp3) is 0.222. The summed E-state index contributed by atoms with van der Waals surface area (Å²) in [6, 6.07) is 24.1. The van der Waals surface area contributed by atoms with Crippen molar-refractivity contribution >= 4 is 34.1 Å². The molecular formula is C27H27N5O. The molecule has 1 saturated heterocycles. The molecule has 1 amide bonds.